The lowest BCUT2D eigenvalue weighted by Gasteiger charge is -2.08. The van der Waals surface area contributed by atoms with E-state index in [0.717, 1.165) is 33.5 Å². The fourth-order valence-corrected chi connectivity index (χ4v) is 3.69. The summed E-state index contributed by atoms with van der Waals surface area (Å²) >= 11 is 0. The zero-order valence-corrected chi connectivity index (χ0v) is 19.3. The molecule has 0 spiro atoms. The fourth-order valence-electron chi connectivity index (χ4n) is 3.69. The van der Waals surface area contributed by atoms with Crippen LogP contribution in [0, 0.1) is 6.92 Å². The van der Waals surface area contributed by atoms with Gasteiger partial charge in [-0.15, -0.1) is 0 Å². The number of ether oxygens (including phenoxy) is 1. The van der Waals surface area contributed by atoms with E-state index in [2.05, 4.69) is 15.4 Å². The zero-order chi connectivity index (χ0) is 24.0. The third-order valence-corrected chi connectivity index (χ3v) is 5.44. The number of nitrogens with one attached hydrogen (secondary N) is 1. The van der Waals surface area contributed by atoms with Crippen LogP contribution in [0.3, 0.4) is 0 Å². The van der Waals surface area contributed by atoms with Crippen LogP contribution in [0.5, 0.6) is 5.75 Å². The van der Waals surface area contributed by atoms with Crippen molar-refractivity contribution in [3.8, 4) is 11.6 Å². The standard InChI is InChI=1S/C29H24N4O2/c1-21-19-28(33(32-21)27-17-14-24-9-5-6-10-26(24)30-27)31-29(34)18-13-22-11-15-25(16-12-22)35-20-23-7-3-2-4-8-23/h2-19H,20H2,1H3,(H,31,34)/b18-13+. The maximum atomic E-state index is 12.6. The fraction of sp³-hybridized carbons (Fsp3) is 0.0690. The lowest BCUT2D eigenvalue weighted by Crippen LogP contribution is -2.13. The van der Waals surface area contributed by atoms with Gasteiger partial charge in [-0.25, -0.2) is 4.98 Å². The van der Waals surface area contributed by atoms with Crippen molar-refractivity contribution < 1.29 is 9.53 Å². The highest BCUT2D eigenvalue weighted by molar-refractivity contribution is 6.01. The predicted octanol–water partition coefficient (Wildman–Crippen LogP) is 5.96. The van der Waals surface area contributed by atoms with Gasteiger partial charge in [-0.05, 0) is 54.5 Å². The molecule has 0 aliphatic carbocycles. The highest BCUT2D eigenvalue weighted by Crippen LogP contribution is 2.20. The SMILES string of the molecule is Cc1cc(NC(=O)/C=C/c2ccc(OCc3ccccc3)cc2)n(-c2ccc3ccccc3n2)n1. The Bertz CT molecular complexity index is 1490. The number of para-hydroxylation sites is 1. The second kappa shape index (κ2) is 10.1. The topological polar surface area (TPSA) is 69.0 Å². The third-order valence-electron chi connectivity index (χ3n) is 5.44. The zero-order valence-electron chi connectivity index (χ0n) is 19.3. The van der Waals surface area contributed by atoms with Crippen LogP contribution in [0.2, 0.25) is 0 Å². The number of fused-ring (bicyclic) bond motifs is 1. The smallest absolute Gasteiger partial charge is 0.249 e. The van der Waals surface area contributed by atoms with Crippen molar-refractivity contribution in [1.29, 1.82) is 0 Å². The van der Waals surface area contributed by atoms with Crippen molar-refractivity contribution in [3.05, 3.63) is 120 Å². The van der Waals surface area contributed by atoms with E-state index in [1.54, 1.807) is 10.8 Å². The van der Waals surface area contributed by atoms with Gasteiger partial charge < -0.3 is 10.1 Å². The molecule has 0 unspecified atom stereocenters. The lowest BCUT2D eigenvalue weighted by molar-refractivity contribution is -0.111. The number of amides is 1. The van der Waals surface area contributed by atoms with Gasteiger partial charge in [0, 0.05) is 17.5 Å². The van der Waals surface area contributed by atoms with Crippen LogP contribution in [0.15, 0.2) is 103 Å². The minimum atomic E-state index is -0.253. The number of carbonyl (C=O) groups is 1. The molecule has 2 heterocycles. The van der Waals surface area contributed by atoms with E-state index in [4.69, 9.17) is 4.74 Å². The maximum Gasteiger partial charge on any atom is 0.249 e. The molecule has 6 nitrogen and oxygen atoms in total. The van der Waals surface area contributed by atoms with E-state index < -0.39 is 0 Å². The molecule has 0 bridgehead atoms. The predicted molar refractivity (Wildman–Crippen MR) is 138 cm³/mol. The van der Waals surface area contributed by atoms with Crippen molar-refractivity contribution in [3.63, 3.8) is 0 Å². The largest absolute Gasteiger partial charge is 0.489 e. The Morgan fingerprint density at radius 3 is 2.54 bits per heavy atom. The van der Waals surface area contributed by atoms with E-state index in [-0.39, 0.29) is 5.91 Å². The molecule has 1 N–H and O–H groups in total. The van der Waals surface area contributed by atoms with Crippen molar-refractivity contribution in [2.45, 2.75) is 13.5 Å². The first kappa shape index (κ1) is 22.1. The number of pyridine rings is 1. The average Bonchev–Trinajstić information content (AvgIpc) is 3.26. The van der Waals surface area contributed by atoms with Crippen molar-refractivity contribution in [2.24, 2.45) is 0 Å². The molecule has 0 atom stereocenters. The van der Waals surface area contributed by atoms with Crippen LogP contribution in [0.25, 0.3) is 22.8 Å². The number of anilines is 1. The Hall–Kier alpha value is -4.71. The van der Waals surface area contributed by atoms with Crippen LogP contribution in [-0.2, 0) is 11.4 Å². The summed E-state index contributed by atoms with van der Waals surface area (Å²) in [7, 11) is 0. The minimum Gasteiger partial charge on any atom is -0.489 e. The molecule has 0 saturated carbocycles. The van der Waals surface area contributed by atoms with Crippen molar-refractivity contribution in [1.82, 2.24) is 14.8 Å². The molecule has 6 heteroatoms. The molecule has 0 fully saturated rings. The van der Waals surface area contributed by atoms with Crippen LogP contribution < -0.4 is 10.1 Å². The summed E-state index contributed by atoms with van der Waals surface area (Å²) in [6, 6.07) is 31.2. The van der Waals surface area contributed by atoms with E-state index in [1.807, 2.05) is 104 Å². The first-order chi connectivity index (χ1) is 17.1. The molecule has 1 amide bonds. The van der Waals surface area contributed by atoms with Crippen LogP contribution in [0.1, 0.15) is 16.8 Å². The Labute approximate surface area is 203 Å². The second-order valence-electron chi connectivity index (χ2n) is 8.11. The Kier molecular flexibility index (Phi) is 6.35. The van der Waals surface area contributed by atoms with Gasteiger partial charge in [-0.3, -0.25) is 4.79 Å². The van der Waals surface area contributed by atoms with Crippen LogP contribution in [-0.4, -0.2) is 20.7 Å². The normalized spacial score (nSPS) is 11.1. The Morgan fingerprint density at radius 2 is 1.71 bits per heavy atom. The van der Waals surface area contributed by atoms with Gasteiger partial charge in [-0.1, -0.05) is 60.7 Å². The maximum absolute atomic E-state index is 12.6. The van der Waals surface area contributed by atoms with Gasteiger partial charge >= 0.3 is 0 Å². The highest BCUT2D eigenvalue weighted by Gasteiger charge is 2.11. The summed E-state index contributed by atoms with van der Waals surface area (Å²) in [5.41, 5.74) is 3.66. The van der Waals surface area contributed by atoms with Gasteiger partial charge in [0.05, 0.1) is 11.2 Å². The monoisotopic (exact) mass is 460 g/mol. The van der Waals surface area contributed by atoms with Gasteiger partial charge in [-0.2, -0.15) is 9.78 Å². The molecule has 0 saturated heterocycles. The molecule has 5 aromatic rings. The summed E-state index contributed by atoms with van der Waals surface area (Å²) in [4.78, 5) is 17.3. The number of nitrogens with zero attached hydrogens (tertiary/aromatic N) is 3. The number of aryl methyl sites for hydroxylation is 1. The number of benzene rings is 3. The minimum absolute atomic E-state index is 0.253. The van der Waals surface area contributed by atoms with E-state index in [0.29, 0.717) is 18.2 Å². The molecular weight excluding hydrogens is 436 g/mol. The first-order valence-electron chi connectivity index (χ1n) is 11.3. The van der Waals surface area contributed by atoms with Gasteiger partial charge in [0.1, 0.15) is 18.2 Å². The Morgan fingerprint density at radius 1 is 0.943 bits per heavy atom. The molecule has 172 valence electrons. The number of carbonyl (C=O) groups excluding carboxylic acids is 1. The van der Waals surface area contributed by atoms with Crippen LogP contribution in [0.4, 0.5) is 5.82 Å². The first-order valence-corrected chi connectivity index (χ1v) is 11.3. The van der Waals surface area contributed by atoms with E-state index in [9.17, 15) is 4.79 Å². The lowest BCUT2D eigenvalue weighted by atomic mass is 10.2. The van der Waals surface area contributed by atoms with Crippen molar-refractivity contribution >= 4 is 28.7 Å². The van der Waals surface area contributed by atoms with Gasteiger partial charge in [0.25, 0.3) is 0 Å². The van der Waals surface area contributed by atoms with E-state index in [1.165, 1.54) is 6.08 Å². The number of rotatable bonds is 7. The number of hydrogen-bond donors (Lipinski definition) is 1. The highest BCUT2D eigenvalue weighted by atomic mass is 16.5. The molecule has 0 aliphatic heterocycles. The summed E-state index contributed by atoms with van der Waals surface area (Å²) < 4.78 is 7.46. The quantitative estimate of drug-likeness (QED) is 0.304. The number of hydrogen-bond acceptors (Lipinski definition) is 4. The molecule has 35 heavy (non-hydrogen) atoms. The molecule has 3 aromatic carbocycles. The van der Waals surface area contributed by atoms with Gasteiger partial charge in [0.2, 0.25) is 5.91 Å². The number of aromatic nitrogens is 3. The summed E-state index contributed by atoms with van der Waals surface area (Å²) in [5.74, 6) is 1.72. The summed E-state index contributed by atoms with van der Waals surface area (Å²) in [5, 5.41) is 8.46. The van der Waals surface area contributed by atoms with E-state index >= 15 is 0 Å². The summed E-state index contributed by atoms with van der Waals surface area (Å²) in [6.07, 6.45) is 3.26. The second-order valence-corrected chi connectivity index (χ2v) is 8.11. The molecule has 0 radical (unpaired) electrons. The average molecular weight is 461 g/mol. The summed E-state index contributed by atoms with van der Waals surface area (Å²) in [6.45, 7) is 2.39. The van der Waals surface area contributed by atoms with Crippen molar-refractivity contribution in [2.75, 3.05) is 5.32 Å². The molecule has 0 aliphatic rings. The third kappa shape index (κ3) is 5.45. The molecular formula is C29H24N4O2. The van der Waals surface area contributed by atoms with Crippen LogP contribution >= 0.6 is 0 Å². The molecule has 5 rings (SSSR count). The molecule has 2 aromatic heterocycles. The Balaban J connectivity index is 1.24. The van der Waals surface area contributed by atoms with Gasteiger partial charge in [0.15, 0.2) is 5.82 Å².